The number of nitrogens with one attached hydrogen (secondary N) is 1. The first kappa shape index (κ1) is 20.8. The van der Waals surface area contributed by atoms with Crippen molar-refractivity contribution < 1.29 is 14.3 Å². The predicted octanol–water partition coefficient (Wildman–Crippen LogP) is 4.85. The topological polar surface area (TPSA) is 72.8 Å². The number of methoxy groups -OCH3 is 1. The van der Waals surface area contributed by atoms with Gasteiger partial charge in [0.25, 0.3) is 5.91 Å². The number of pyridine rings is 1. The van der Waals surface area contributed by atoms with Gasteiger partial charge in [-0.05, 0) is 46.3 Å². The normalized spacial score (nSPS) is 10.7. The van der Waals surface area contributed by atoms with E-state index in [0.29, 0.717) is 34.3 Å². The van der Waals surface area contributed by atoms with E-state index in [9.17, 15) is 4.79 Å². The molecule has 0 aliphatic rings. The summed E-state index contributed by atoms with van der Waals surface area (Å²) in [6.45, 7) is 0.303. The van der Waals surface area contributed by atoms with Crippen molar-refractivity contribution in [1.82, 2.24) is 10.4 Å². The molecule has 0 aliphatic heterocycles. The Kier molecular flexibility index (Phi) is 7.21. The number of hydrazone groups is 1. The summed E-state index contributed by atoms with van der Waals surface area (Å²) >= 11 is 9.66. The van der Waals surface area contributed by atoms with E-state index in [1.807, 2.05) is 24.3 Å². The van der Waals surface area contributed by atoms with Gasteiger partial charge in [-0.15, -0.1) is 0 Å². The molecule has 0 radical (unpaired) electrons. The van der Waals surface area contributed by atoms with Crippen molar-refractivity contribution in [2.24, 2.45) is 5.10 Å². The second-order valence-electron chi connectivity index (χ2n) is 5.84. The molecule has 0 fully saturated rings. The van der Waals surface area contributed by atoms with Crippen molar-refractivity contribution in [2.45, 2.75) is 6.61 Å². The molecule has 0 atom stereocenters. The Balaban J connectivity index is 1.70. The molecular formula is C21H17BrClN3O3. The number of amides is 1. The molecule has 0 saturated carbocycles. The zero-order valence-electron chi connectivity index (χ0n) is 15.4. The summed E-state index contributed by atoms with van der Waals surface area (Å²) in [5.41, 5.74) is 4.53. The van der Waals surface area contributed by atoms with Crippen LogP contribution >= 0.6 is 27.5 Å². The van der Waals surface area contributed by atoms with Crippen LogP contribution in [0.25, 0.3) is 0 Å². The number of hydrogen-bond donors (Lipinski definition) is 1. The average molecular weight is 475 g/mol. The van der Waals surface area contributed by atoms with Crippen molar-refractivity contribution in [2.75, 3.05) is 7.11 Å². The molecule has 8 heteroatoms. The molecule has 0 bridgehead atoms. The molecule has 3 rings (SSSR count). The van der Waals surface area contributed by atoms with Crippen LogP contribution in [0.4, 0.5) is 0 Å². The molecule has 0 aliphatic carbocycles. The smallest absolute Gasteiger partial charge is 0.271 e. The largest absolute Gasteiger partial charge is 0.493 e. The number of rotatable bonds is 7. The molecule has 1 N–H and O–H groups in total. The van der Waals surface area contributed by atoms with Gasteiger partial charge < -0.3 is 9.47 Å². The average Bonchev–Trinajstić information content (AvgIpc) is 2.75. The minimum absolute atomic E-state index is 0.303. The van der Waals surface area contributed by atoms with Gasteiger partial charge in [-0.1, -0.05) is 29.8 Å². The molecular weight excluding hydrogens is 458 g/mol. The van der Waals surface area contributed by atoms with Crippen LogP contribution in [0.3, 0.4) is 0 Å². The van der Waals surface area contributed by atoms with Gasteiger partial charge >= 0.3 is 0 Å². The molecule has 0 spiro atoms. The predicted molar refractivity (Wildman–Crippen MR) is 116 cm³/mol. The fourth-order valence-corrected chi connectivity index (χ4v) is 3.04. The molecule has 1 aromatic heterocycles. The molecule has 1 amide bonds. The van der Waals surface area contributed by atoms with Crippen molar-refractivity contribution in [3.8, 4) is 11.5 Å². The van der Waals surface area contributed by atoms with Crippen LogP contribution in [-0.2, 0) is 6.61 Å². The highest BCUT2D eigenvalue weighted by Crippen LogP contribution is 2.33. The summed E-state index contributed by atoms with van der Waals surface area (Å²) in [5.74, 6) is 0.755. The summed E-state index contributed by atoms with van der Waals surface area (Å²) in [6, 6.07) is 14.2. The second-order valence-corrected chi connectivity index (χ2v) is 7.10. The van der Waals surface area contributed by atoms with E-state index in [1.54, 1.807) is 43.8 Å². The maximum atomic E-state index is 12.0. The fourth-order valence-electron chi connectivity index (χ4n) is 2.42. The highest BCUT2D eigenvalue weighted by Gasteiger charge is 2.11. The minimum Gasteiger partial charge on any atom is -0.493 e. The number of carbonyl (C=O) groups is 1. The molecule has 2 aromatic carbocycles. The lowest BCUT2D eigenvalue weighted by molar-refractivity contribution is 0.0955. The summed E-state index contributed by atoms with van der Waals surface area (Å²) in [7, 11) is 1.55. The van der Waals surface area contributed by atoms with Gasteiger partial charge in [-0.2, -0.15) is 5.10 Å². The van der Waals surface area contributed by atoms with Crippen molar-refractivity contribution in [3.63, 3.8) is 0 Å². The zero-order chi connectivity index (χ0) is 20.6. The van der Waals surface area contributed by atoms with E-state index in [1.165, 1.54) is 6.21 Å². The lowest BCUT2D eigenvalue weighted by Gasteiger charge is -2.13. The second kappa shape index (κ2) is 10.0. The van der Waals surface area contributed by atoms with Crippen LogP contribution in [0, 0.1) is 0 Å². The van der Waals surface area contributed by atoms with Crippen LogP contribution < -0.4 is 14.9 Å². The van der Waals surface area contributed by atoms with Crippen LogP contribution in [0.15, 0.2) is 70.5 Å². The Morgan fingerprint density at radius 1 is 1.21 bits per heavy atom. The molecule has 0 saturated heterocycles. The van der Waals surface area contributed by atoms with E-state index in [0.717, 1.165) is 10.0 Å². The van der Waals surface area contributed by atoms with E-state index in [4.69, 9.17) is 21.1 Å². The van der Waals surface area contributed by atoms with E-state index in [-0.39, 0.29) is 5.91 Å². The minimum atomic E-state index is -0.327. The summed E-state index contributed by atoms with van der Waals surface area (Å²) in [6.07, 6.45) is 4.60. The van der Waals surface area contributed by atoms with Gasteiger partial charge in [-0.25, -0.2) is 5.43 Å². The quantitative estimate of drug-likeness (QED) is 0.392. The zero-order valence-corrected chi connectivity index (χ0v) is 17.8. The Labute approximate surface area is 181 Å². The van der Waals surface area contributed by atoms with Crippen LogP contribution in [-0.4, -0.2) is 24.2 Å². The van der Waals surface area contributed by atoms with Crippen molar-refractivity contribution in [3.05, 3.63) is 87.1 Å². The maximum absolute atomic E-state index is 12.0. The number of hydrogen-bond acceptors (Lipinski definition) is 5. The van der Waals surface area contributed by atoms with E-state index < -0.39 is 0 Å². The van der Waals surface area contributed by atoms with E-state index in [2.05, 4.69) is 31.4 Å². The van der Waals surface area contributed by atoms with Gasteiger partial charge in [0.2, 0.25) is 0 Å². The summed E-state index contributed by atoms with van der Waals surface area (Å²) < 4.78 is 12.0. The van der Waals surface area contributed by atoms with Gasteiger partial charge in [0.1, 0.15) is 6.61 Å². The number of aromatic nitrogens is 1. The Morgan fingerprint density at radius 2 is 1.97 bits per heavy atom. The van der Waals surface area contributed by atoms with Crippen LogP contribution in [0.5, 0.6) is 11.5 Å². The monoisotopic (exact) mass is 473 g/mol. The van der Waals surface area contributed by atoms with Gasteiger partial charge in [0, 0.05) is 38.6 Å². The Morgan fingerprint density at radius 3 is 2.69 bits per heavy atom. The lowest BCUT2D eigenvalue weighted by Crippen LogP contribution is -2.17. The van der Waals surface area contributed by atoms with E-state index >= 15 is 0 Å². The van der Waals surface area contributed by atoms with Crippen molar-refractivity contribution in [1.29, 1.82) is 0 Å². The number of halogens is 2. The SMILES string of the molecule is COc1cc(/C=N\NC(=O)c2ccncc2)c(Br)cc1OCc1ccccc1Cl. The maximum Gasteiger partial charge on any atom is 0.271 e. The third kappa shape index (κ3) is 5.56. The third-order valence-electron chi connectivity index (χ3n) is 3.94. The van der Waals surface area contributed by atoms with Crippen LogP contribution in [0.1, 0.15) is 21.5 Å². The Bertz CT molecular complexity index is 1030. The van der Waals surface area contributed by atoms with Gasteiger partial charge in [-0.3, -0.25) is 9.78 Å². The molecule has 3 aromatic rings. The summed E-state index contributed by atoms with van der Waals surface area (Å²) in [4.78, 5) is 15.9. The number of carbonyl (C=O) groups excluding carboxylic acids is 1. The van der Waals surface area contributed by atoms with Gasteiger partial charge in [0.05, 0.1) is 13.3 Å². The number of nitrogens with zero attached hydrogens (tertiary/aromatic N) is 2. The highest BCUT2D eigenvalue weighted by molar-refractivity contribution is 9.10. The lowest BCUT2D eigenvalue weighted by atomic mass is 10.2. The molecule has 1 heterocycles. The van der Waals surface area contributed by atoms with Crippen molar-refractivity contribution >= 4 is 39.7 Å². The summed E-state index contributed by atoms with van der Waals surface area (Å²) in [5, 5.41) is 4.64. The fraction of sp³-hybridized carbons (Fsp3) is 0.0952. The first-order chi connectivity index (χ1) is 14.1. The molecule has 0 unspecified atom stereocenters. The third-order valence-corrected chi connectivity index (χ3v) is 4.99. The molecule has 29 heavy (non-hydrogen) atoms. The first-order valence-corrected chi connectivity index (χ1v) is 9.72. The van der Waals surface area contributed by atoms with Crippen LogP contribution in [0.2, 0.25) is 5.02 Å². The first-order valence-electron chi connectivity index (χ1n) is 8.55. The van der Waals surface area contributed by atoms with Gasteiger partial charge in [0.15, 0.2) is 11.5 Å². The number of benzene rings is 2. The standard InChI is InChI=1S/C21H17BrClN3O3/c1-28-19-10-16(12-25-26-21(27)14-6-8-24-9-7-14)17(22)11-20(19)29-13-15-4-2-3-5-18(15)23/h2-12H,13H2,1H3,(H,26,27)/b25-12-. The number of ether oxygens (including phenoxy) is 2. The Hall–Kier alpha value is -2.90. The molecule has 148 valence electrons. The molecule has 6 nitrogen and oxygen atoms in total. The highest BCUT2D eigenvalue weighted by atomic mass is 79.9.